The lowest BCUT2D eigenvalue weighted by Crippen LogP contribution is -2.08. The van der Waals surface area contributed by atoms with E-state index in [1.165, 1.54) is 24.5 Å². The van der Waals surface area contributed by atoms with Crippen LogP contribution in [0, 0.1) is 5.82 Å². The Balaban J connectivity index is 2.60. The Labute approximate surface area is 91.1 Å². The molecular weight excluding hydrogens is 211 g/mol. The second-order valence-electron chi connectivity index (χ2n) is 3.10. The second kappa shape index (κ2) is 4.22. The van der Waals surface area contributed by atoms with Gasteiger partial charge in [-0.15, -0.1) is 0 Å². The Hall–Kier alpha value is -2.04. The molecule has 0 unspecified atom stereocenters. The summed E-state index contributed by atoms with van der Waals surface area (Å²) >= 11 is 0. The molecule has 0 aliphatic carbocycles. The first-order chi connectivity index (χ1) is 7.72. The van der Waals surface area contributed by atoms with E-state index < -0.39 is 11.8 Å². The van der Waals surface area contributed by atoms with Crippen LogP contribution >= 0.6 is 0 Å². The number of rotatable bonds is 2. The molecule has 0 aliphatic heterocycles. The van der Waals surface area contributed by atoms with Crippen LogP contribution in [0.25, 0.3) is 10.9 Å². The van der Waals surface area contributed by atoms with Gasteiger partial charge in [0, 0.05) is 5.39 Å². The summed E-state index contributed by atoms with van der Waals surface area (Å²) in [5.41, 5.74) is 0.603. The van der Waals surface area contributed by atoms with Crippen LogP contribution in [-0.4, -0.2) is 22.5 Å². The Kier molecular flexibility index (Phi) is 2.76. The molecule has 2 rings (SSSR count). The van der Waals surface area contributed by atoms with Gasteiger partial charge in [-0.25, -0.2) is 19.2 Å². The fraction of sp³-hybridized carbons (Fsp3) is 0.182. The summed E-state index contributed by atoms with van der Waals surface area (Å²) in [5, 5.41) is 0.362. The van der Waals surface area contributed by atoms with Crippen molar-refractivity contribution in [1.29, 1.82) is 0 Å². The van der Waals surface area contributed by atoms with Gasteiger partial charge in [0.2, 0.25) is 0 Å². The van der Waals surface area contributed by atoms with Crippen LogP contribution in [0.5, 0.6) is 0 Å². The average molecular weight is 220 g/mol. The number of aromatic nitrogens is 2. The minimum absolute atomic E-state index is 0.0892. The second-order valence-corrected chi connectivity index (χ2v) is 3.10. The van der Waals surface area contributed by atoms with E-state index in [0.717, 1.165) is 0 Å². The predicted molar refractivity (Wildman–Crippen MR) is 55.5 cm³/mol. The first-order valence-corrected chi connectivity index (χ1v) is 4.79. The van der Waals surface area contributed by atoms with Crippen molar-refractivity contribution in [2.75, 3.05) is 6.61 Å². The monoisotopic (exact) mass is 220 g/mol. The summed E-state index contributed by atoms with van der Waals surface area (Å²) in [7, 11) is 0. The molecule has 0 atom stereocenters. The number of ether oxygens (including phenoxy) is 1. The van der Waals surface area contributed by atoms with Crippen molar-refractivity contribution in [2.24, 2.45) is 0 Å². The van der Waals surface area contributed by atoms with Crippen molar-refractivity contribution in [1.82, 2.24) is 9.97 Å². The molecule has 0 radical (unpaired) electrons. The molecule has 0 saturated carbocycles. The summed E-state index contributed by atoms with van der Waals surface area (Å²) in [5.74, 6) is -1.01. The Bertz CT molecular complexity index is 542. The van der Waals surface area contributed by atoms with E-state index in [0.29, 0.717) is 10.9 Å². The normalized spacial score (nSPS) is 10.4. The van der Waals surface area contributed by atoms with Gasteiger partial charge < -0.3 is 4.74 Å². The lowest BCUT2D eigenvalue weighted by Gasteiger charge is -2.04. The van der Waals surface area contributed by atoms with E-state index in [2.05, 4.69) is 9.97 Å². The molecule has 0 aliphatic rings. The zero-order chi connectivity index (χ0) is 11.5. The van der Waals surface area contributed by atoms with E-state index in [9.17, 15) is 9.18 Å². The molecule has 0 spiro atoms. The molecule has 1 heterocycles. The minimum atomic E-state index is -0.569. The third kappa shape index (κ3) is 1.84. The number of nitrogens with zero attached hydrogens (tertiary/aromatic N) is 2. The third-order valence-electron chi connectivity index (χ3n) is 2.07. The molecule has 0 bridgehead atoms. The zero-order valence-corrected chi connectivity index (χ0v) is 8.61. The maximum atomic E-state index is 13.1. The molecule has 16 heavy (non-hydrogen) atoms. The van der Waals surface area contributed by atoms with E-state index in [1.807, 2.05) is 0 Å². The Morgan fingerprint density at radius 2 is 2.25 bits per heavy atom. The SMILES string of the molecule is CCOC(=O)c1ncnc2ccc(F)cc12. The van der Waals surface area contributed by atoms with Gasteiger partial charge in [-0.05, 0) is 25.1 Å². The first-order valence-electron chi connectivity index (χ1n) is 4.79. The van der Waals surface area contributed by atoms with Gasteiger partial charge in [0.25, 0.3) is 0 Å². The average Bonchev–Trinajstić information content (AvgIpc) is 2.28. The van der Waals surface area contributed by atoms with E-state index in [-0.39, 0.29) is 12.3 Å². The van der Waals surface area contributed by atoms with Crippen LogP contribution in [-0.2, 0) is 4.74 Å². The van der Waals surface area contributed by atoms with Crippen molar-refractivity contribution in [3.63, 3.8) is 0 Å². The Morgan fingerprint density at radius 1 is 1.44 bits per heavy atom. The van der Waals surface area contributed by atoms with Gasteiger partial charge >= 0.3 is 5.97 Å². The van der Waals surface area contributed by atoms with E-state index in [4.69, 9.17) is 4.74 Å². The highest BCUT2D eigenvalue weighted by molar-refractivity contribution is 6.01. The molecular formula is C11H9FN2O2. The minimum Gasteiger partial charge on any atom is -0.461 e. The summed E-state index contributed by atoms with van der Waals surface area (Å²) in [6.07, 6.45) is 1.26. The van der Waals surface area contributed by atoms with Crippen LogP contribution in [0.1, 0.15) is 17.4 Å². The maximum Gasteiger partial charge on any atom is 0.357 e. The molecule has 4 nitrogen and oxygen atoms in total. The van der Waals surface area contributed by atoms with Crippen LogP contribution in [0.3, 0.4) is 0 Å². The van der Waals surface area contributed by atoms with E-state index >= 15 is 0 Å². The topological polar surface area (TPSA) is 52.1 Å². The number of halogens is 1. The lowest BCUT2D eigenvalue weighted by molar-refractivity contribution is 0.0522. The fourth-order valence-corrected chi connectivity index (χ4v) is 1.39. The number of esters is 1. The number of carbonyl (C=O) groups excluding carboxylic acids is 1. The quantitative estimate of drug-likeness (QED) is 0.726. The molecule has 0 N–H and O–H groups in total. The molecule has 2 aromatic rings. The summed E-state index contributed by atoms with van der Waals surface area (Å²) in [4.78, 5) is 19.3. The number of benzene rings is 1. The summed E-state index contributed by atoms with van der Waals surface area (Å²) in [6.45, 7) is 1.95. The molecule has 5 heteroatoms. The first kappa shape index (κ1) is 10.5. The lowest BCUT2D eigenvalue weighted by atomic mass is 10.2. The molecule has 0 fully saturated rings. The third-order valence-corrected chi connectivity index (χ3v) is 2.07. The highest BCUT2D eigenvalue weighted by atomic mass is 19.1. The fourth-order valence-electron chi connectivity index (χ4n) is 1.39. The highest BCUT2D eigenvalue weighted by Crippen LogP contribution is 2.16. The van der Waals surface area contributed by atoms with Crippen molar-refractivity contribution in [3.8, 4) is 0 Å². The zero-order valence-electron chi connectivity index (χ0n) is 8.61. The van der Waals surface area contributed by atoms with Gasteiger partial charge in [-0.1, -0.05) is 0 Å². The van der Waals surface area contributed by atoms with Gasteiger partial charge in [-0.3, -0.25) is 0 Å². The van der Waals surface area contributed by atoms with Crippen LogP contribution < -0.4 is 0 Å². The van der Waals surface area contributed by atoms with Gasteiger partial charge in [0.05, 0.1) is 12.1 Å². The van der Waals surface area contributed by atoms with Crippen molar-refractivity contribution in [3.05, 3.63) is 36.0 Å². The van der Waals surface area contributed by atoms with Crippen LogP contribution in [0.2, 0.25) is 0 Å². The van der Waals surface area contributed by atoms with Crippen LogP contribution in [0.15, 0.2) is 24.5 Å². The standard InChI is InChI=1S/C11H9FN2O2/c1-2-16-11(15)10-8-5-7(12)3-4-9(8)13-6-14-10/h3-6H,2H2,1H3. The van der Waals surface area contributed by atoms with Crippen LogP contribution in [0.4, 0.5) is 4.39 Å². The van der Waals surface area contributed by atoms with Crippen molar-refractivity contribution >= 4 is 16.9 Å². The predicted octanol–water partition coefficient (Wildman–Crippen LogP) is 1.95. The highest BCUT2D eigenvalue weighted by Gasteiger charge is 2.13. The molecule has 1 aromatic heterocycles. The number of hydrogen-bond acceptors (Lipinski definition) is 4. The van der Waals surface area contributed by atoms with E-state index in [1.54, 1.807) is 6.92 Å². The molecule has 1 aromatic carbocycles. The van der Waals surface area contributed by atoms with Gasteiger partial charge in [-0.2, -0.15) is 0 Å². The maximum absolute atomic E-state index is 13.1. The summed E-state index contributed by atoms with van der Waals surface area (Å²) in [6, 6.07) is 4.00. The van der Waals surface area contributed by atoms with Crippen molar-refractivity contribution < 1.29 is 13.9 Å². The van der Waals surface area contributed by atoms with Gasteiger partial charge in [0.15, 0.2) is 5.69 Å². The number of hydrogen-bond donors (Lipinski definition) is 0. The molecule has 0 saturated heterocycles. The molecule has 82 valence electrons. The number of fused-ring (bicyclic) bond motifs is 1. The Morgan fingerprint density at radius 3 is 3.00 bits per heavy atom. The number of carbonyl (C=O) groups is 1. The largest absolute Gasteiger partial charge is 0.461 e. The van der Waals surface area contributed by atoms with Crippen molar-refractivity contribution in [2.45, 2.75) is 6.92 Å². The molecule has 0 amide bonds. The summed E-state index contributed by atoms with van der Waals surface area (Å²) < 4.78 is 17.9. The van der Waals surface area contributed by atoms with Gasteiger partial charge in [0.1, 0.15) is 12.1 Å². The smallest absolute Gasteiger partial charge is 0.357 e.